The number of hydrogen-bond acceptors (Lipinski definition) is 3. The molecule has 2 rings (SSSR count). The average Bonchev–Trinajstić information content (AvgIpc) is 2.62. The summed E-state index contributed by atoms with van der Waals surface area (Å²) in [6, 6.07) is 6.15. The van der Waals surface area contributed by atoms with Crippen molar-refractivity contribution in [1.82, 2.24) is 0 Å². The van der Waals surface area contributed by atoms with E-state index in [9.17, 15) is 0 Å². The van der Waals surface area contributed by atoms with E-state index >= 15 is 0 Å². The number of hydrogen-bond donors (Lipinski definition) is 1. The lowest BCUT2D eigenvalue weighted by atomic mass is 10.0. The van der Waals surface area contributed by atoms with Gasteiger partial charge in [-0.25, -0.2) is 0 Å². The highest BCUT2D eigenvalue weighted by Gasteiger charge is 2.12. The molecule has 1 aliphatic rings. The van der Waals surface area contributed by atoms with Crippen LogP contribution in [0.1, 0.15) is 31.2 Å². The van der Waals surface area contributed by atoms with Gasteiger partial charge in [0.1, 0.15) is 11.5 Å². The highest BCUT2D eigenvalue weighted by atomic mass is 16.5. The number of nitrogens with two attached hydrogens (primary N) is 1. The van der Waals surface area contributed by atoms with Crippen LogP contribution in [0.25, 0.3) is 5.57 Å². The predicted octanol–water partition coefficient (Wildman–Crippen LogP) is 2.99. The molecule has 1 unspecified atom stereocenters. The quantitative estimate of drug-likeness (QED) is 0.893. The summed E-state index contributed by atoms with van der Waals surface area (Å²) >= 11 is 0. The molecule has 2 N–H and O–H groups in total. The third-order valence-electron chi connectivity index (χ3n) is 3.37. The van der Waals surface area contributed by atoms with Gasteiger partial charge in [0.2, 0.25) is 0 Å². The van der Waals surface area contributed by atoms with E-state index in [4.69, 9.17) is 15.2 Å². The third kappa shape index (κ3) is 3.05. The minimum absolute atomic E-state index is 0.166. The monoisotopic (exact) mass is 247 g/mol. The van der Waals surface area contributed by atoms with Crippen LogP contribution in [0.15, 0.2) is 24.3 Å². The molecule has 0 amide bonds. The average molecular weight is 247 g/mol. The third-order valence-corrected chi connectivity index (χ3v) is 3.37. The first-order valence-electron chi connectivity index (χ1n) is 6.42. The summed E-state index contributed by atoms with van der Waals surface area (Å²) in [7, 11) is 3.34. The fourth-order valence-electron chi connectivity index (χ4n) is 2.35. The smallest absolute Gasteiger partial charge is 0.123 e. The number of ether oxygens (including phenoxy) is 2. The van der Waals surface area contributed by atoms with Crippen molar-refractivity contribution in [2.45, 2.75) is 31.7 Å². The van der Waals surface area contributed by atoms with Crippen LogP contribution in [-0.4, -0.2) is 20.3 Å². The molecule has 1 aromatic rings. The first-order chi connectivity index (χ1) is 8.72. The Bertz CT molecular complexity index is 418. The van der Waals surface area contributed by atoms with Crippen LogP contribution in [0.5, 0.6) is 11.5 Å². The van der Waals surface area contributed by atoms with Crippen LogP contribution in [0.2, 0.25) is 0 Å². The molecule has 0 spiro atoms. The fraction of sp³-hybridized carbons (Fsp3) is 0.467. The Kier molecular flexibility index (Phi) is 4.26. The predicted molar refractivity (Wildman–Crippen MR) is 74.0 cm³/mol. The second-order valence-electron chi connectivity index (χ2n) is 4.70. The molecule has 0 saturated heterocycles. The summed E-state index contributed by atoms with van der Waals surface area (Å²) in [5.74, 6) is 1.64. The van der Waals surface area contributed by atoms with E-state index in [1.165, 1.54) is 18.4 Å². The van der Waals surface area contributed by atoms with E-state index in [0.29, 0.717) is 0 Å². The van der Waals surface area contributed by atoms with E-state index < -0.39 is 0 Å². The van der Waals surface area contributed by atoms with Gasteiger partial charge in [-0.05, 0) is 42.5 Å². The maximum atomic E-state index is 6.06. The van der Waals surface area contributed by atoms with Gasteiger partial charge < -0.3 is 15.2 Å². The lowest BCUT2D eigenvalue weighted by Gasteiger charge is -2.11. The highest BCUT2D eigenvalue weighted by molar-refractivity contribution is 5.69. The van der Waals surface area contributed by atoms with Crippen LogP contribution in [0, 0.1) is 0 Å². The van der Waals surface area contributed by atoms with Gasteiger partial charge in [-0.1, -0.05) is 12.5 Å². The van der Waals surface area contributed by atoms with E-state index in [-0.39, 0.29) is 6.04 Å². The molecule has 0 aliphatic heterocycles. The van der Waals surface area contributed by atoms with Gasteiger partial charge in [-0.3, -0.25) is 0 Å². The van der Waals surface area contributed by atoms with Crippen LogP contribution in [0.3, 0.4) is 0 Å². The van der Waals surface area contributed by atoms with Crippen molar-refractivity contribution in [3.8, 4) is 11.5 Å². The van der Waals surface area contributed by atoms with E-state index in [1.54, 1.807) is 14.2 Å². The number of benzene rings is 1. The van der Waals surface area contributed by atoms with Gasteiger partial charge in [-0.15, -0.1) is 0 Å². The SMILES string of the molecule is COc1cc(OC)cc(C2=CC(N)CCCC2)c1. The number of rotatable bonds is 3. The largest absolute Gasteiger partial charge is 0.497 e. The molecule has 18 heavy (non-hydrogen) atoms. The molecule has 3 nitrogen and oxygen atoms in total. The van der Waals surface area contributed by atoms with Crippen molar-refractivity contribution < 1.29 is 9.47 Å². The summed E-state index contributed by atoms with van der Waals surface area (Å²) < 4.78 is 10.6. The zero-order valence-electron chi connectivity index (χ0n) is 11.1. The van der Waals surface area contributed by atoms with Crippen LogP contribution >= 0.6 is 0 Å². The second-order valence-corrected chi connectivity index (χ2v) is 4.70. The molecule has 98 valence electrons. The number of allylic oxidation sites excluding steroid dienone is 1. The molecular formula is C15H21NO2. The molecule has 1 aliphatic carbocycles. The van der Waals surface area contributed by atoms with Gasteiger partial charge in [-0.2, -0.15) is 0 Å². The van der Waals surface area contributed by atoms with E-state index in [2.05, 4.69) is 6.08 Å². The summed E-state index contributed by atoms with van der Waals surface area (Å²) in [5.41, 5.74) is 8.52. The Morgan fingerprint density at radius 3 is 2.33 bits per heavy atom. The molecule has 0 fully saturated rings. The van der Waals surface area contributed by atoms with Gasteiger partial charge in [0.25, 0.3) is 0 Å². The second kappa shape index (κ2) is 5.91. The number of methoxy groups -OCH3 is 2. The van der Waals surface area contributed by atoms with Crippen molar-refractivity contribution >= 4 is 5.57 Å². The molecule has 0 aromatic heterocycles. The summed E-state index contributed by atoms with van der Waals surface area (Å²) in [6.45, 7) is 0. The highest BCUT2D eigenvalue weighted by Crippen LogP contribution is 2.31. The van der Waals surface area contributed by atoms with E-state index in [0.717, 1.165) is 29.9 Å². The molecule has 0 bridgehead atoms. The Balaban J connectivity index is 2.36. The Morgan fingerprint density at radius 2 is 1.72 bits per heavy atom. The zero-order valence-corrected chi connectivity index (χ0v) is 11.1. The van der Waals surface area contributed by atoms with Crippen molar-refractivity contribution in [1.29, 1.82) is 0 Å². The summed E-state index contributed by atoms with van der Waals surface area (Å²) in [5, 5.41) is 0. The molecule has 0 saturated carbocycles. The zero-order chi connectivity index (χ0) is 13.0. The summed E-state index contributed by atoms with van der Waals surface area (Å²) in [6.07, 6.45) is 6.72. The van der Waals surface area contributed by atoms with Gasteiger partial charge in [0, 0.05) is 12.1 Å². The molecule has 0 radical (unpaired) electrons. The van der Waals surface area contributed by atoms with Gasteiger partial charge in [0.15, 0.2) is 0 Å². The van der Waals surface area contributed by atoms with Crippen molar-refractivity contribution in [3.05, 3.63) is 29.8 Å². The lowest BCUT2D eigenvalue weighted by Crippen LogP contribution is -2.15. The minimum atomic E-state index is 0.166. The van der Waals surface area contributed by atoms with Gasteiger partial charge in [0.05, 0.1) is 14.2 Å². The fourth-order valence-corrected chi connectivity index (χ4v) is 2.35. The molecule has 0 heterocycles. The maximum Gasteiger partial charge on any atom is 0.123 e. The Morgan fingerprint density at radius 1 is 1.06 bits per heavy atom. The van der Waals surface area contributed by atoms with Gasteiger partial charge >= 0.3 is 0 Å². The van der Waals surface area contributed by atoms with Crippen molar-refractivity contribution in [3.63, 3.8) is 0 Å². The van der Waals surface area contributed by atoms with Crippen molar-refractivity contribution in [2.75, 3.05) is 14.2 Å². The van der Waals surface area contributed by atoms with Crippen LogP contribution in [0.4, 0.5) is 0 Å². The first-order valence-corrected chi connectivity index (χ1v) is 6.42. The maximum absolute atomic E-state index is 6.06. The summed E-state index contributed by atoms with van der Waals surface area (Å²) in [4.78, 5) is 0. The Hall–Kier alpha value is -1.48. The normalized spacial score (nSPS) is 19.9. The minimum Gasteiger partial charge on any atom is -0.497 e. The van der Waals surface area contributed by atoms with Crippen molar-refractivity contribution in [2.24, 2.45) is 5.73 Å². The molecule has 1 atom stereocenters. The standard InChI is InChI=1S/C15H21NO2/c1-17-14-8-12(9-15(10-14)18-2)11-5-3-4-6-13(16)7-11/h7-10,13H,3-6,16H2,1-2H3. The topological polar surface area (TPSA) is 44.5 Å². The van der Waals surface area contributed by atoms with E-state index in [1.807, 2.05) is 18.2 Å². The Labute approximate surface area is 109 Å². The van der Waals surface area contributed by atoms with Crippen LogP contribution < -0.4 is 15.2 Å². The molecule has 3 heteroatoms. The first kappa shape index (κ1) is 13.0. The van der Waals surface area contributed by atoms with Crippen LogP contribution in [-0.2, 0) is 0 Å². The molecule has 1 aromatic carbocycles. The molecular weight excluding hydrogens is 226 g/mol. The lowest BCUT2D eigenvalue weighted by molar-refractivity contribution is 0.394.